The monoisotopic (exact) mass is 411 g/mol. The van der Waals surface area contributed by atoms with E-state index in [0.717, 1.165) is 37.0 Å². The summed E-state index contributed by atoms with van der Waals surface area (Å²) >= 11 is 0. The van der Waals surface area contributed by atoms with Crippen LogP contribution in [0.25, 0.3) is 0 Å². The fourth-order valence-electron chi connectivity index (χ4n) is 6.15. The molecule has 1 aromatic rings. The maximum absolute atomic E-state index is 12.5. The molecule has 5 nitrogen and oxygen atoms in total. The van der Waals surface area contributed by atoms with Crippen molar-refractivity contribution >= 4 is 23.3 Å². The van der Waals surface area contributed by atoms with Gasteiger partial charge in [0.15, 0.2) is 12.4 Å². The van der Waals surface area contributed by atoms with Crippen molar-refractivity contribution in [3.63, 3.8) is 0 Å². The van der Waals surface area contributed by atoms with Gasteiger partial charge in [-0.2, -0.15) is 0 Å². The molecular formula is C25H33NO4. The molecule has 4 fully saturated rings. The van der Waals surface area contributed by atoms with Crippen LogP contribution in [-0.2, 0) is 14.3 Å². The molecule has 5 heteroatoms. The second-order valence-electron chi connectivity index (χ2n) is 11.0. The van der Waals surface area contributed by atoms with Crippen molar-refractivity contribution in [2.45, 2.75) is 65.7 Å². The lowest BCUT2D eigenvalue weighted by molar-refractivity contribution is -0.150. The van der Waals surface area contributed by atoms with Crippen molar-refractivity contribution in [1.82, 2.24) is 0 Å². The summed E-state index contributed by atoms with van der Waals surface area (Å²) < 4.78 is 5.38. The molecule has 1 amide bonds. The molecule has 1 N–H and O–H groups in total. The average molecular weight is 412 g/mol. The summed E-state index contributed by atoms with van der Waals surface area (Å²) in [6, 6.07) is 6.73. The van der Waals surface area contributed by atoms with Gasteiger partial charge in [0.2, 0.25) is 5.91 Å². The average Bonchev–Trinajstić information content (AvgIpc) is 2.64. The zero-order chi connectivity index (χ0) is 21.5. The quantitative estimate of drug-likeness (QED) is 0.528. The van der Waals surface area contributed by atoms with Gasteiger partial charge in [0.25, 0.3) is 0 Å². The second-order valence-corrected chi connectivity index (χ2v) is 11.0. The van der Waals surface area contributed by atoms with E-state index in [1.54, 1.807) is 24.3 Å². The number of amides is 1. The Morgan fingerprint density at radius 2 is 1.50 bits per heavy atom. The predicted octanol–water partition coefficient (Wildman–Crippen LogP) is 5.00. The van der Waals surface area contributed by atoms with Crippen molar-refractivity contribution in [3.8, 4) is 0 Å². The van der Waals surface area contributed by atoms with Crippen LogP contribution in [0.3, 0.4) is 0 Å². The van der Waals surface area contributed by atoms with Gasteiger partial charge in [-0.3, -0.25) is 14.4 Å². The highest BCUT2D eigenvalue weighted by Crippen LogP contribution is 2.61. The number of ketones is 1. The molecule has 162 valence electrons. The highest BCUT2D eigenvalue weighted by Gasteiger charge is 2.51. The smallest absolute Gasteiger partial charge is 0.306 e. The van der Waals surface area contributed by atoms with Crippen LogP contribution < -0.4 is 5.32 Å². The van der Waals surface area contributed by atoms with Crippen LogP contribution in [0.2, 0.25) is 0 Å². The van der Waals surface area contributed by atoms with Gasteiger partial charge in [-0.05, 0) is 86.0 Å². The molecule has 30 heavy (non-hydrogen) atoms. The van der Waals surface area contributed by atoms with Gasteiger partial charge in [0.1, 0.15) is 0 Å². The number of hydrogen-bond donors (Lipinski definition) is 1. The summed E-state index contributed by atoms with van der Waals surface area (Å²) in [7, 11) is 0. The first kappa shape index (κ1) is 21.1. The maximum atomic E-state index is 12.5. The van der Waals surface area contributed by atoms with Gasteiger partial charge in [0.05, 0.1) is 6.42 Å². The lowest BCUT2D eigenvalue weighted by Crippen LogP contribution is -2.47. The first-order valence-corrected chi connectivity index (χ1v) is 11.2. The van der Waals surface area contributed by atoms with E-state index < -0.39 is 5.41 Å². The molecule has 4 bridgehead atoms. The van der Waals surface area contributed by atoms with E-state index in [0.29, 0.717) is 17.7 Å². The number of anilines is 1. The van der Waals surface area contributed by atoms with Crippen LogP contribution >= 0.6 is 0 Å². The van der Waals surface area contributed by atoms with Gasteiger partial charge >= 0.3 is 5.97 Å². The molecule has 0 unspecified atom stereocenters. The van der Waals surface area contributed by atoms with Gasteiger partial charge in [-0.1, -0.05) is 20.8 Å². The molecule has 4 saturated carbocycles. The van der Waals surface area contributed by atoms with Crippen molar-refractivity contribution in [3.05, 3.63) is 29.8 Å². The van der Waals surface area contributed by atoms with E-state index in [9.17, 15) is 14.4 Å². The highest BCUT2D eigenvalue weighted by atomic mass is 16.5. The number of carbonyl (C=O) groups is 3. The Morgan fingerprint density at radius 3 is 2.00 bits per heavy atom. The summed E-state index contributed by atoms with van der Waals surface area (Å²) in [5.41, 5.74) is 0.762. The van der Waals surface area contributed by atoms with E-state index in [1.807, 2.05) is 20.8 Å². The fourth-order valence-corrected chi connectivity index (χ4v) is 6.15. The molecule has 0 radical (unpaired) electrons. The van der Waals surface area contributed by atoms with E-state index in [1.165, 1.54) is 19.3 Å². The van der Waals surface area contributed by atoms with Crippen LogP contribution in [-0.4, -0.2) is 24.3 Å². The number of benzene rings is 1. The maximum Gasteiger partial charge on any atom is 0.306 e. The Hall–Kier alpha value is -2.17. The Bertz CT molecular complexity index is 798. The van der Waals surface area contributed by atoms with Gasteiger partial charge in [0, 0.05) is 16.7 Å². The minimum atomic E-state index is -0.487. The van der Waals surface area contributed by atoms with Crippen molar-refractivity contribution in [1.29, 1.82) is 0 Å². The summed E-state index contributed by atoms with van der Waals surface area (Å²) in [6.45, 7) is 5.31. The van der Waals surface area contributed by atoms with Crippen molar-refractivity contribution < 1.29 is 19.1 Å². The predicted molar refractivity (Wildman–Crippen MR) is 115 cm³/mol. The van der Waals surface area contributed by atoms with E-state index in [-0.39, 0.29) is 29.7 Å². The summed E-state index contributed by atoms with van der Waals surface area (Å²) in [6.07, 6.45) is 7.97. The molecule has 0 heterocycles. The summed E-state index contributed by atoms with van der Waals surface area (Å²) in [5, 5.41) is 2.83. The van der Waals surface area contributed by atoms with E-state index in [4.69, 9.17) is 4.74 Å². The van der Waals surface area contributed by atoms with Crippen molar-refractivity contribution in [2.24, 2.45) is 28.6 Å². The normalized spacial score (nSPS) is 29.5. The van der Waals surface area contributed by atoms with Crippen LogP contribution in [0.5, 0.6) is 0 Å². The topological polar surface area (TPSA) is 72.5 Å². The number of rotatable bonds is 6. The molecular weight excluding hydrogens is 378 g/mol. The molecule has 5 rings (SSSR count). The van der Waals surface area contributed by atoms with Crippen LogP contribution in [0.15, 0.2) is 24.3 Å². The summed E-state index contributed by atoms with van der Waals surface area (Å²) in [4.78, 5) is 37.0. The first-order valence-electron chi connectivity index (χ1n) is 11.2. The third kappa shape index (κ3) is 4.60. The number of nitrogens with one attached hydrogen (secondary N) is 1. The Balaban J connectivity index is 1.27. The van der Waals surface area contributed by atoms with Gasteiger partial charge < -0.3 is 10.1 Å². The van der Waals surface area contributed by atoms with E-state index >= 15 is 0 Å². The highest BCUT2D eigenvalue weighted by molar-refractivity contribution is 5.99. The minimum absolute atomic E-state index is 0.0832. The zero-order valence-corrected chi connectivity index (χ0v) is 18.3. The number of Topliss-reactive ketones (excluding diaryl/α,β-unsaturated/α-hetero) is 1. The minimum Gasteiger partial charge on any atom is -0.457 e. The lowest BCUT2D eigenvalue weighted by Gasteiger charge is -2.56. The first-order chi connectivity index (χ1) is 14.1. The van der Waals surface area contributed by atoms with Crippen LogP contribution in [0.1, 0.15) is 76.1 Å². The Morgan fingerprint density at radius 1 is 0.967 bits per heavy atom. The number of ether oxygens (including phenoxy) is 1. The number of esters is 1. The van der Waals surface area contributed by atoms with Gasteiger partial charge in [-0.25, -0.2) is 0 Å². The SMILES string of the molecule is CC(C)(C)C(=O)Nc1ccc(C(=O)COC(=O)CC23CC4CC(CC(C4)C2)C3)cc1. The molecule has 0 atom stereocenters. The Kier molecular flexibility index (Phi) is 5.50. The Labute approximate surface area is 178 Å². The largest absolute Gasteiger partial charge is 0.457 e. The van der Waals surface area contributed by atoms with Crippen LogP contribution in [0.4, 0.5) is 5.69 Å². The third-order valence-electron chi connectivity index (χ3n) is 7.19. The number of hydrogen-bond acceptors (Lipinski definition) is 4. The second kappa shape index (κ2) is 7.82. The van der Waals surface area contributed by atoms with Crippen LogP contribution in [0, 0.1) is 28.6 Å². The zero-order valence-electron chi connectivity index (χ0n) is 18.3. The standard InChI is InChI=1S/C25H33NO4/c1-24(2,3)23(29)26-20-6-4-19(5-7-20)21(27)15-30-22(28)14-25-11-16-8-17(12-25)10-18(9-16)13-25/h4-7,16-18H,8-15H2,1-3H3,(H,26,29). The molecule has 4 aliphatic rings. The third-order valence-corrected chi connectivity index (χ3v) is 7.19. The molecule has 1 aromatic carbocycles. The molecule has 0 saturated heterocycles. The van der Waals surface area contributed by atoms with Crippen molar-refractivity contribution in [2.75, 3.05) is 11.9 Å². The molecule has 0 aromatic heterocycles. The molecule has 4 aliphatic carbocycles. The lowest BCUT2D eigenvalue weighted by atomic mass is 9.49. The van der Waals surface area contributed by atoms with E-state index in [2.05, 4.69) is 5.32 Å². The summed E-state index contributed by atoms with van der Waals surface area (Å²) in [5.74, 6) is 1.84. The molecule has 0 aliphatic heterocycles. The number of carbonyl (C=O) groups excluding carboxylic acids is 3. The molecule has 0 spiro atoms. The van der Waals surface area contributed by atoms with Gasteiger partial charge in [-0.15, -0.1) is 0 Å². The fraction of sp³-hybridized carbons (Fsp3) is 0.640.